The molecule has 6 heteroatoms. The zero-order chi connectivity index (χ0) is 19.2. The van der Waals surface area contributed by atoms with Crippen LogP contribution in [0.25, 0.3) is 0 Å². The van der Waals surface area contributed by atoms with E-state index in [1.807, 2.05) is 0 Å². The summed E-state index contributed by atoms with van der Waals surface area (Å²) in [5.74, 6) is -0.301. The molecule has 0 saturated heterocycles. The van der Waals surface area contributed by atoms with Gasteiger partial charge in [-0.25, -0.2) is 0 Å². The predicted molar refractivity (Wildman–Crippen MR) is 100 cm³/mol. The molecular formula is C20H31NO5. The van der Waals surface area contributed by atoms with E-state index in [1.165, 1.54) is 38.9 Å². The van der Waals surface area contributed by atoms with Crippen LogP contribution < -0.4 is 10.1 Å². The quantitative estimate of drug-likeness (QED) is 0.411. The highest BCUT2D eigenvalue weighted by atomic mass is 16.5. The van der Waals surface area contributed by atoms with E-state index in [-0.39, 0.29) is 30.8 Å². The van der Waals surface area contributed by atoms with Crippen LogP contribution in [0, 0.1) is 0 Å². The van der Waals surface area contributed by atoms with Crippen molar-refractivity contribution >= 4 is 11.9 Å². The maximum Gasteiger partial charge on any atom is 0.306 e. The normalized spacial score (nSPS) is 10.4. The minimum Gasteiger partial charge on any atom is -0.504 e. The molecule has 1 aromatic carbocycles. The van der Waals surface area contributed by atoms with Gasteiger partial charge in [0.15, 0.2) is 18.1 Å². The van der Waals surface area contributed by atoms with Gasteiger partial charge in [-0.15, -0.1) is 0 Å². The summed E-state index contributed by atoms with van der Waals surface area (Å²) in [5, 5.41) is 12.2. The lowest BCUT2D eigenvalue weighted by atomic mass is 10.1. The molecule has 0 fully saturated rings. The van der Waals surface area contributed by atoms with Crippen LogP contribution in [0.2, 0.25) is 0 Å². The van der Waals surface area contributed by atoms with Crippen LogP contribution in [0.15, 0.2) is 18.2 Å². The molecule has 0 atom stereocenters. The summed E-state index contributed by atoms with van der Waals surface area (Å²) < 4.78 is 10.00. The number of hydrogen-bond donors (Lipinski definition) is 2. The Labute approximate surface area is 155 Å². The average Bonchev–Trinajstić information content (AvgIpc) is 2.65. The third-order valence-electron chi connectivity index (χ3n) is 4.08. The molecule has 0 aliphatic rings. The van der Waals surface area contributed by atoms with Gasteiger partial charge in [0.2, 0.25) is 0 Å². The lowest BCUT2D eigenvalue weighted by molar-refractivity contribution is -0.148. The lowest BCUT2D eigenvalue weighted by Crippen LogP contribution is -2.28. The molecule has 2 N–H and O–H groups in total. The first-order valence-electron chi connectivity index (χ1n) is 9.35. The first kappa shape index (κ1) is 21.8. The number of aromatic hydroxyl groups is 1. The minimum atomic E-state index is -0.357. The van der Waals surface area contributed by atoms with Gasteiger partial charge in [0, 0.05) is 13.0 Å². The first-order chi connectivity index (χ1) is 12.6. The number of carbonyl (C=O) groups is 2. The van der Waals surface area contributed by atoms with Gasteiger partial charge >= 0.3 is 5.97 Å². The van der Waals surface area contributed by atoms with Crippen molar-refractivity contribution in [1.82, 2.24) is 5.32 Å². The zero-order valence-corrected chi connectivity index (χ0v) is 15.9. The number of phenolic OH excluding ortho intramolecular Hbond substituents is 1. The summed E-state index contributed by atoms with van der Waals surface area (Å²) in [6.07, 6.45) is 8.30. The Bertz CT molecular complexity index is 559. The molecule has 6 nitrogen and oxygen atoms in total. The molecule has 0 aliphatic heterocycles. The molecule has 26 heavy (non-hydrogen) atoms. The highest BCUT2D eigenvalue weighted by Gasteiger charge is 2.08. The van der Waals surface area contributed by atoms with Crippen molar-refractivity contribution in [3.63, 3.8) is 0 Å². The summed E-state index contributed by atoms with van der Waals surface area (Å²) in [7, 11) is 1.46. The summed E-state index contributed by atoms with van der Waals surface area (Å²) in [6, 6.07) is 4.83. The van der Waals surface area contributed by atoms with Crippen LogP contribution in [0.5, 0.6) is 11.5 Å². The molecule has 1 amide bonds. The van der Waals surface area contributed by atoms with Crippen molar-refractivity contribution in [3.8, 4) is 11.5 Å². The van der Waals surface area contributed by atoms with Crippen LogP contribution in [0.3, 0.4) is 0 Å². The van der Waals surface area contributed by atoms with Crippen LogP contribution in [-0.2, 0) is 20.9 Å². The monoisotopic (exact) mass is 365 g/mol. The van der Waals surface area contributed by atoms with Crippen LogP contribution in [0.1, 0.15) is 63.9 Å². The molecule has 0 aromatic heterocycles. The van der Waals surface area contributed by atoms with Crippen molar-refractivity contribution in [2.24, 2.45) is 0 Å². The Kier molecular flexibility index (Phi) is 10.9. The fourth-order valence-corrected chi connectivity index (χ4v) is 2.53. The Morgan fingerprint density at radius 1 is 1.08 bits per heavy atom. The second kappa shape index (κ2) is 13.0. The van der Waals surface area contributed by atoms with Crippen LogP contribution in [0.4, 0.5) is 0 Å². The number of rotatable bonds is 13. The van der Waals surface area contributed by atoms with Crippen molar-refractivity contribution in [1.29, 1.82) is 0 Å². The van der Waals surface area contributed by atoms with E-state index in [1.54, 1.807) is 12.1 Å². The second-order valence-corrected chi connectivity index (χ2v) is 6.31. The number of carbonyl (C=O) groups excluding carboxylic acids is 2. The molecule has 1 aromatic rings. The number of amides is 1. The predicted octanol–water partition coefficient (Wildman–Crippen LogP) is 3.70. The van der Waals surface area contributed by atoms with E-state index in [4.69, 9.17) is 9.47 Å². The topological polar surface area (TPSA) is 84.9 Å². The maximum atomic E-state index is 11.7. The van der Waals surface area contributed by atoms with E-state index >= 15 is 0 Å². The molecule has 146 valence electrons. The number of benzene rings is 1. The summed E-state index contributed by atoms with van der Waals surface area (Å²) >= 11 is 0. The van der Waals surface area contributed by atoms with E-state index in [9.17, 15) is 14.7 Å². The number of methoxy groups -OCH3 is 1. The van der Waals surface area contributed by atoms with Crippen molar-refractivity contribution in [2.45, 2.75) is 64.8 Å². The number of esters is 1. The van der Waals surface area contributed by atoms with E-state index in [0.717, 1.165) is 24.8 Å². The van der Waals surface area contributed by atoms with E-state index in [0.29, 0.717) is 12.2 Å². The number of unbranched alkanes of at least 4 members (excludes halogenated alkanes) is 6. The van der Waals surface area contributed by atoms with Crippen molar-refractivity contribution in [2.75, 3.05) is 13.7 Å². The highest BCUT2D eigenvalue weighted by Crippen LogP contribution is 2.26. The van der Waals surface area contributed by atoms with Crippen molar-refractivity contribution < 1.29 is 24.2 Å². The van der Waals surface area contributed by atoms with E-state index in [2.05, 4.69) is 12.2 Å². The molecule has 0 bridgehead atoms. The third-order valence-corrected chi connectivity index (χ3v) is 4.08. The number of ether oxygens (including phenoxy) is 2. The molecule has 1 rings (SSSR count). The van der Waals surface area contributed by atoms with Crippen molar-refractivity contribution in [3.05, 3.63) is 23.8 Å². The Balaban J connectivity index is 2.13. The van der Waals surface area contributed by atoms with E-state index < -0.39 is 0 Å². The van der Waals surface area contributed by atoms with Gasteiger partial charge in [0.25, 0.3) is 5.91 Å². The fourth-order valence-electron chi connectivity index (χ4n) is 2.53. The summed E-state index contributed by atoms with van der Waals surface area (Å²) in [5.41, 5.74) is 0.780. The minimum absolute atomic E-state index is 0.0434. The van der Waals surface area contributed by atoms with Gasteiger partial charge in [-0.2, -0.15) is 0 Å². The highest BCUT2D eigenvalue weighted by molar-refractivity contribution is 5.80. The Morgan fingerprint density at radius 2 is 1.77 bits per heavy atom. The van der Waals surface area contributed by atoms with Gasteiger partial charge in [-0.1, -0.05) is 51.5 Å². The SMILES string of the molecule is CCCCCCCCCC(=O)OCC(=O)NCc1ccc(O)c(OC)c1. The average molecular weight is 365 g/mol. The van der Waals surface area contributed by atoms with Crippen LogP contribution in [-0.4, -0.2) is 30.7 Å². The molecule has 0 aliphatic carbocycles. The number of hydrogen-bond acceptors (Lipinski definition) is 5. The molecule has 0 saturated carbocycles. The fraction of sp³-hybridized carbons (Fsp3) is 0.600. The smallest absolute Gasteiger partial charge is 0.306 e. The maximum absolute atomic E-state index is 11.7. The van der Waals surface area contributed by atoms with Gasteiger partial charge in [-0.3, -0.25) is 9.59 Å². The van der Waals surface area contributed by atoms with Gasteiger partial charge in [0.1, 0.15) is 0 Å². The Morgan fingerprint density at radius 3 is 2.46 bits per heavy atom. The van der Waals surface area contributed by atoms with Gasteiger partial charge in [0.05, 0.1) is 7.11 Å². The standard InChI is InChI=1S/C20H31NO5/c1-3-4-5-6-7-8-9-10-20(24)26-15-19(23)21-14-16-11-12-17(22)18(13-16)25-2/h11-13,22H,3-10,14-15H2,1-2H3,(H,21,23). The Hall–Kier alpha value is -2.24. The molecule has 0 heterocycles. The number of phenols is 1. The molecule has 0 spiro atoms. The molecular weight excluding hydrogens is 334 g/mol. The van der Waals surface area contributed by atoms with Gasteiger partial charge < -0.3 is 19.9 Å². The van der Waals surface area contributed by atoms with Crippen LogP contribution >= 0.6 is 0 Å². The first-order valence-corrected chi connectivity index (χ1v) is 9.35. The second-order valence-electron chi connectivity index (χ2n) is 6.31. The summed E-state index contributed by atoms with van der Waals surface area (Å²) in [4.78, 5) is 23.4. The zero-order valence-electron chi connectivity index (χ0n) is 15.9. The lowest BCUT2D eigenvalue weighted by Gasteiger charge is -2.09. The molecule has 0 radical (unpaired) electrons. The summed E-state index contributed by atoms with van der Waals surface area (Å²) in [6.45, 7) is 2.18. The third kappa shape index (κ3) is 9.30. The van der Waals surface area contributed by atoms with Gasteiger partial charge in [-0.05, 0) is 24.1 Å². The molecule has 0 unspecified atom stereocenters. The largest absolute Gasteiger partial charge is 0.504 e. The number of nitrogens with one attached hydrogen (secondary N) is 1.